The lowest BCUT2D eigenvalue weighted by Gasteiger charge is -2.34. The third-order valence-corrected chi connectivity index (χ3v) is 4.44. The second-order valence-electron chi connectivity index (χ2n) is 6.17. The van der Waals surface area contributed by atoms with E-state index in [9.17, 15) is 4.79 Å². The van der Waals surface area contributed by atoms with Gasteiger partial charge in [0.25, 0.3) is 0 Å². The van der Waals surface area contributed by atoms with Gasteiger partial charge in [-0.2, -0.15) is 0 Å². The highest BCUT2D eigenvalue weighted by Gasteiger charge is 2.28. The van der Waals surface area contributed by atoms with Gasteiger partial charge in [0, 0.05) is 26.0 Å². The molecule has 7 heteroatoms. The third-order valence-electron chi connectivity index (χ3n) is 4.44. The molecule has 1 aromatic heterocycles. The molecule has 2 atom stereocenters. The summed E-state index contributed by atoms with van der Waals surface area (Å²) < 4.78 is 12.7. The Morgan fingerprint density at radius 2 is 2.32 bits per heavy atom. The first-order chi connectivity index (χ1) is 12.1. The molecule has 134 valence electrons. The Kier molecular flexibility index (Phi) is 5.23. The van der Waals surface area contributed by atoms with Crippen LogP contribution in [0.4, 0.5) is 4.79 Å². The van der Waals surface area contributed by atoms with Crippen molar-refractivity contribution in [2.24, 2.45) is 7.05 Å². The van der Waals surface area contributed by atoms with E-state index in [1.807, 2.05) is 49.0 Å². The molecule has 0 aliphatic carbocycles. The molecule has 7 nitrogen and oxygen atoms in total. The number of carbonyl (C=O) groups excluding carboxylic acids is 1. The lowest BCUT2D eigenvalue weighted by Crippen LogP contribution is -2.52. The minimum atomic E-state index is -0.363. The summed E-state index contributed by atoms with van der Waals surface area (Å²) in [6.07, 6.45) is 3.60. The molecule has 1 aliphatic heterocycles. The smallest absolute Gasteiger partial charge is 0.318 e. The van der Waals surface area contributed by atoms with Crippen LogP contribution >= 0.6 is 0 Å². The standard InChI is InChI=1S/C18H24N4O3/c1-13-12-25-10-9-22(13)18(23)20-16(17-19-7-8-21(17)2)14-5-4-6-15(11-14)24-3/h4-8,11,13,16H,9-10,12H2,1-3H3,(H,20,23)/t13-,16-/m1/s1. The molecule has 25 heavy (non-hydrogen) atoms. The number of urea groups is 1. The number of nitrogens with zero attached hydrogens (tertiary/aromatic N) is 3. The van der Waals surface area contributed by atoms with Gasteiger partial charge in [0.15, 0.2) is 0 Å². The van der Waals surface area contributed by atoms with Gasteiger partial charge in [0.1, 0.15) is 17.6 Å². The van der Waals surface area contributed by atoms with E-state index in [2.05, 4.69) is 10.3 Å². The number of hydrogen-bond donors (Lipinski definition) is 1. The molecule has 1 saturated heterocycles. The van der Waals surface area contributed by atoms with Gasteiger partial charge < -0.3 is 24.3 Å². The first-order valence-corrected chi connectivity index (χ1v) is 8.36. The Morgan fingerprint density at radius 1 is 1.48 bits per heavy atom. The van der Waals surface area contributed by atoms with Crippen molar-refractivity contribution in [1.82, 2.24) is 19.8 Å². The molecule has 2 heterocycles. The molecule has 3 rings (SSSR count). The van der Waals surface area contributed by atoms with Crippen LogP contribution < -0.4 is 10.1 Å². The van der Waals surface area contributed by atoms with Gasteiger partial charge in [-0.15, -0.1) is 0 Å². The average molecular weight is 344 g/mol. The molecule has 1 fully saturated rings. The number of benzene rings is 1. The van der Waals surface area contributed by atoms with Crippen molar-refractivity contribution in [2.45, 2.75) is 19.0 Å². The van der Waals surface area contributed by atoms with Crippen LogP contribution in [0.5, 0.6) is 5.75 Å². The fourth-order valence-electron chi connectivity index (χ4n) is 3.01. The lowest BCUT2D eigenvalue weighted by molar-refractivity contribution is 0.0186. The molecular weight excluding hydrogens is 320 g/mol. The number of rotatable bonds is 4. The van der Waals surface area contributed by atoms with Crippen LogP contribution in [-0.4, -0.2) is 53.4 Å². The van der Waals surface area contributed by atoms with Crippen molar-refractivity contribution < 1.29 is 14.3 Å². The molecule has 1 aromatic carbocycles. The fourth-order valence-corrected chi connectivity index (χ4v) is 3.01. The minimum Gasteiger partial charge on any atom is -0.497 e. The molecule has 2 amide bonds. The first-order valence-electron chi connectivity index (χ1n) is 8.36. The number of aryl methyl sites for hydroxylation is 1. The predicted molar refractivity (Wildman–Crippen MR) is 93.6 cm³/mol. The summed E-state index contributed by atoms with van der Waals surface area (Å²) in [5.41, 5.74) is 0.919. The molecular formula is C18H24N4O3. The Morgan fingerprint density at radius 3 is 3.00 bits per heavy atom. The zero-order valence-corrected chi connectivity index (χ0v) is 14.8. The fraction of sp³-hybridized carbons (Fsp3) is 0.444. The number of imidazole rings is 1. The second kappa shape index (κ2) is 7.57. The van der Waals surface area contributed by atoms with Crippen LogP contribution in [0.25, 0.3) is 0 Å². The quantitative estimate of drug-likeness (QED) is 0.920. The van der Waals surface area contributed by atoms with E-state index >= 15 is 0 Å². The summed E-state index contributed by atoms with van der Waals surface area (Å²) in [5.74, 6) is 1.51. The maximum absolute atomic E-state index is 12.8. The highest BCUT2D eigenvalue weighted by Crippen LogP contribution is 2.24. The Balaban J connectivity index is 1.89. The van der Waals surface area contributed by atoms with Crippen LogP contribution in [-0.2, 0) is 11.8 Å². The monoisotopic (exact) mass is 344 g/mol. The molecule has 0 radical (unpaired) electrons. The van der Waals surface area contributed by atoms with Gasteiger partial charge in [-0.05, 0) is 24.6 Å². The average Bonchev–Trinajstić information content (AvgIpc) is 3.05. The summed E-state index contributed by atoms with van der Waals surface area (Å²) in [4.78, 5) is 19.1. The topological polar surface area (TPSA) is 68.6 Å². The molecule has 0 bridgehead atoms. The Hall–Kier alpha value is -2.54. The maximum atomic E-state index is 12.8. The summed E-state index contributed by atoms with van der Waals surface area (Å²) in [6, 6.07) is 7.23. The summed E-state index contributed by atoms with van der Waals surface area (Å²) >= 11 is 0. The van der Waals surface area contributed by atoms with Crippen LogP contribution in [0.2, 0.25) is 0 Å². The molecule has 0 saturated carbocycles. The number of amides is 2. The zero-order chi connectivity index (χ0) is 17.8. The lowest BCUT2D eigenvalue weighted by atomic mass is 10.1. The minimum absolute atomic E-state index is 0.0427. The van der Waals surface area contributed by atoms with E-state index in [4.69, 9.17) is 9.47 Å². The summed E-state index contributed by atoms with van der Waals surface area (Å²) in [6.45, 7) is 3.68. The van der Waals surface area contributed by atoms with Crippen molar-refractivity contribution in [3.8, 4) is 5.75 Å². The number of nitrogens with one attached hydrogen (secondary N) is 1. The van der Waals surface area contributed by atoms with Crippen molar-refractivity contribution in [1.29, 1.82) is 0 Å². The number of hydrogen-bond acceptors (Lipinski definition) is 4. The molecule has 1 N–H and O–H groups in total. The highest BCUT2D eigenvalue weighted by molar-refractivity contribution is 5.75. The SMILES string of the molecule is COc1cccc([C@@H](NC(=O)N2CCOC[C@H]2C)c2nccn2C)c1. The van der Waals surface area contributed by atoms with Gasteiger partial charge in [0.05, 0.1) is 26.4 Å². The van der Waals surface area contributed by atoms with E-state index in [1.165, 1.54) is 0 Å². The van der Waals surface area contributed by atoms with Crippen LogP contribution in [0.3, 0.4) is 0 Å². The summed E-state index contributed by atoms with van der Waals surface area (Å²) in [5, 5.41) is 3.12. The molecule has 1 aliphatic rings. The maximum Gasteiger partial charge on any atom is 0.318 e. The summed E-state index contributed by atoms with van der Waals surface area (Å²) in [7, 11) is 3.54. The van der Waals surface area contributed by atoms with Gasteiger partial charge in [0.2, 0.25) is 0 Å². The number of ether oxygens (including phenoxy) is 2. The first kappa shape index (κ1) is 17.3. The van der Waals surface area contributed by atoms with Gasteiger partial charge >= 0.3 is 6.03 Å². The van der Waals surface area contributed by atoms with E-state index in [1.54, 1.807) is 18.2 Å². The van der Waals surface area contributed by atoms with Crippen molar-refractivity contribution in [2.75, 3.05) is 26.9 Å². The second-order valence-corrected chi connectivity index (χ2v) is 6.17. The number of morpholine rings is 1. The number of aromatic nitrogens is 2. The normalized spacial score (nSPS) is 18.7. The predicted octanol–water partition coefficient (Wildman–Crippen LogP) is 1.95. The van der Waals surface area contributed by atoms with E-state index in [-0.39, 0.29) is 18.1 Å². The van der Waals surface area contributed by atoms with Crippen molar-refractivity contribution in [3.05, 3.63) is 48.0 Å². The highest BCUT2D eigenvalue weighted by atomic mass is 16.5. The largest absolute Gasteiger partial charge is 0.497 e. The van der Waals surface area contributed by atoms with E-state index < -0.39 is 0 Å². The Labute approximate surface area is 147 Å². The van der Waals surface area contributed by atoms with Crippen molar-refractivity contribution in [3.63, 3.8) is 0 Å². The van der Waals surface area contributed by atoms with Gasteiger partial charge in [-0.1, -0.05) is 12.1 Å². The number of carbonyl (C=O) groups is 1. The number of methoxy groups -OCH3 is 1. The Bertz CT molecular complexity index is 731. The third kappa shape index (κ3) is 3.76. The van der Waals surface area contributed by atoms with Crippen molar-refractivity contribution >= 4 is 6.03 Å². The van der Waals surface area contributed by atoms with Gasteiger partial charge in [-0.3, -0.25) is 0 Å². The molecule has 0 unspecified atom stereocenters. The van der Waals surface area contributed by atoms with E-state index in [0.717, 1.165) is 17.1 Å². The zero-order valence-electron chi connectivity index (χ0n) is 14.8. The van der Waals surface area contributed by atoms with Crippen LogP contribution in [0, 0.1) is 0 Å². The molecule has 2 aromatic rings. The van der Waals surface area contributed by atoms with Crippen LogP contribution in [0.15, 0.2) is 36.7 Å². The van der Waals surface area contributed by atoms with E-state index in [0.29, 0.717) is 19.8 Å². The van der Waals surface area contributed by atoms with Crippen LogP contribution in [0.1, 0.15) is 24.4 Å². The van der Waals surface area contributed by atoms with Gasteiger partial charge in [-0.25, -0.2) is 9.78 Å². The molecule has 0 spiro atoms.